The molecule has 1 saturated heterocycles. The summed E-state index contributed by atoms with van der Waals surface area (Å²) in [6.45, 7) is 0.149. The molecule has 3 aromatic rings. The van der Waals surface area contributed by atoms with Gasteiger partial charge in [-0.1, -0.05) is 5.16 Å². The van der Waals surface area contributed by atoms with E-state index in [1.807, 2.05) is 0 Å². The summed E-state index contributed by atoms with van der Waals surface area (Å²) >= 11 is 0. The van der Waals surface area contributed by atoms with Crippen molar-refractivity contribution in [2.24, 2.45) is 5.92 Å². The topological polar surface area (TPSA) is 104 Å². The summed E-state index contributed by atoms with van der Waals surface area (Å²) in [5.41, 5.74) is 1.03. The molecule has 9 heteroatoms. The van der Waals surface area contributed by atoms with Gasteiger partial charge in [-0.2, -0.15) is 0 Å². The van der Waals surface area contributed by atoms with Gasteiger partial charge < -0.3 is 28.1 Å². The second-order valence-electron chi connectivity index (χ2n) is 6.71. The molecule has 1 atom stereocenters. The zero-order valence-electron chi connectivity index (χ0n) is 16.5. The Morgan fingerprint density at radius 2 is 2.07 bits per heavy atom. The summed E-state index contributed by atoms with van der Waals surface area (Å²) in [6, 6.07) is 10.3. The average Bonchev–Trinajstić information content (AvgIpc) is 3.52. The van der Waals surface area contributed by atoms with E-state index in [1.54, 1.807) is 43.5 Å². The fraction of sp³-hybridized carbons (Fsp3) is 0.286. The molecule has 156 valence electrons. The summed E-state index contributed by atoms with van der Waals surface area (Å²) in [6.07, 6.45) is 1.59. The molecule has 0 bridgehead atoms. The van der Waals surface area contributed by atoms with Crippen LogP contribution in [0.2, 0.25) is 0 Å². The van der Waals surface area contributed by atoms with Gasteiger partial charge in [0.1, 0.15) is 23.8 Å². The van der Waals surface area contributed by atoms with Gasteiger partial charge in [0.25, 0.3) is 0 Å². The molecule has 1 fully saturated rings. The maximum Gasteiger partial charge on any atom is 0.311 e. The number of rotatable bonds is 7. The minimum absolute atomic E-state index is 0.0560. The smallest absolute Gasteiger partial charge is 0.311 e. The van der Waals surface area contributed by atoms with Crippen LogP contribution in [0.4, 0.5) is 5.69 Å². The fourth-order valence-electron chi connectivity index (χ4n) is 3.28. The quantitative estimate of drug-likeness (QED) is 0.546. The van der Waals surface area contributed by atoms with Gasteiger partial charge in [0.05, 0.1) is 32.1 Å². The first-order valence-electron chi connectivity index (χ1n) is 9.27. The van der Waals surface area contributed by atoms with Gasteiger partial charge in [-0.15, -0.1) is 0 Å². The highest BCUT2D eigenvalue weighted by Crippen LogP contribution is 2.36. The Bertz CT molecular complexity index is 1040. The Labute approximate surface area is 172 Å². The van der Waals surface area contributed by atoms with Crippen molar-refractivity contribution in [1.29, 1.82) is 0 Å². The van der Waals surface area contributed by atoms with Crippen LogP contribution in [-0.2, 0) is 20.9 Å². The Morgan fingerprint density at radius 1 is 1.20 bits per heavy atom. The number of esters is 1. The Balaban J connectivity index is 1.39. The molecule has 1 aliphatic heterocycles. The molecule has 1 aromatic carbocycles. The summed E-state index contributed by atoms with van der Waals surface area (Å²) < 4.78 is 26.3. The van der Waals surface area contributed by atoms with Gasteiger partial charge in [0.15, 0.2) is 5.76 Å². The first kappa shape index (κ1) is 19.6. The van der Waals surface area contributed by atoms with Gasteiger partial charge in [-0.3, -0.25) is 9.59 Å². The summed E-state index contributed by atoms with van der Waals surface area (Å²) in [7, 11) is 3.06. The predicted molar refractivity (Wildman–Crippen MR) is 104 cm³/mol. The number of carbonyl (C=O) groups excluding carboxylic acids is 2. The minimum atomic E-state index is -0.583. The molecule has 0 radical (unpaired) electrons. The van der Waals surface area contributed by atoms with Crippen molar-refractivity contribution in [3.8, 4) is 23.0 Å². The van der Waals surface area contributed by atoms with Crippen LogP contribution < -0.4 is 14.4 Å². The van der Waals surface area contributed by atoms with Crippen LogP contribution in [0, 0.1) is 5.92 Å². The molecular formula is C21H20N2O7. The molecule has 4 rings (SSSR count). The normalized spacial score (nSPS) is 16.0. The molecular weight excluding hydrogens is 392 g/mol. The monoisotopic (exact) mass is 412 g/mol. The van der Waals surface area contributed by atoms with Crippen molar-refractivity contribution < 1.29 is 32.7 Å². The van der Waals surface area contributed by atoms with Crippen molar-refractivity contribution in [1.82, 2.24) is 5.16 Å². The van der Waals surface area contributed by atoms with E-state index in [1.165, 1.54) is 18.3 Å². The van der Waals surface area contributed by atoms with Gasteiger partial charge in [0, 0.05) is 25.1 Å². The number of methoxy groups -OCH3 is 2. The molecule has 0 saturated carbocycles. The number of hydrogen-bond donors (Lipinski definition) is 0. The first-order valence-corrected chi connectivity index (χ1v) is 9.27. The van der Waals surface area contributed by atoms with Crippen LogP contribution in [0.15, 0.2) is 51.6 Å². The SMILES string of the molecule is COc1ccc(N2C[C@@H](C(=O)OCc3cc(-c4ccco4)on3)CC2=O)c(OC)c1. The van der Waals surface area contributed by atoms with Crippen molar-refractivity contribution in [3.63, 3.8) is 0 Å². The average molecular weight is 412 g/mol. The van der Waals surface area contributed by atoms with Gasteiger partial charge in [-0.05, 0) is 24.3 Å². The standard InChI is InChI=1S/C21H20N2O7/c1-26-15-5-6-16(18(10-15)27-2)23-11-13(8-20(23)24)21(25)29-12-14-9-19(30-22-14)17-4-3-7-28-17/h3-7,9-10,13H,8,11-12H2,1-2H3/t13-/m0/s1. The van der Waals surface area contributed by atoms with E-state index >= 15 is 0 Å². The fourth-order valence-corrected chi connectivity index (χ4v) is 3.28. The van der Waals surface area contributed by atoms with Gasteiger partial charge in [0.2, 0.25) is 11.7 Å². The maximum absolute atomic E-state index is 12.5. The van der Waals surface area contributed by atoms with Gasteiger partial charge >= 0.3 is 5.97 Å². The summed E-state index contributed by atoms with van der Waals surface area (Å²) in [4.78, 5) is 26.5. The number of nitrogens with zero attached hydrogens (tertiary/aromatic N) is 2. The third-order valence-corrected chi connectivity index (χ3v) is 4.82. The maximum atomic E-state index is 12.5. The molecule has 3 heterocycles. The van der Waals surface area contributed by atoms with Crippen molar-refractivity contribution in [2.45, 2.75) is 13.0 Å². The Hall–Kier alpha value is -3.75. The summed E-state index contributed by atoms with van der Waals surface area (Å²) in [5, 5.41) is 3.87. The highest BCUT2D eigenvalue weighted by atomic mass is 16.5. The molecule has 30 heavy (non-hydrogen) atoms. The zero-order valence-corrected chi connectivity index (χ0v) is 16.5. The number of carbonyl (C=O) groups is 2. The lowest BCUT2D eigenvalue weighted by Crippen LogP contribution is -2.26. The predicted octanol–water partition coefficient (Wildman–Crippen LogP) is 3.05. The van der Waals surface area contributed by atoms with Crippen molar-refractivity contribution in [2.75, 3.05) is 25.7 Å². The Kier molecular flexibility index (Phi) is 5.42. The van der Waals surface area contributed by atoms with Crippen LogP contribution in [-0.4, -0.2) is 37.8 Å². The number of anilines is 1. The lowest BCUT2D eigenvalue weighted by Gasteiger charge is -2.20. The van der Waals surface area contributed by atoms with Crippen LogP contribution in [0.1, 0.15) is 12.1 Å². The molecule has 1 aliphatic rings. The molecule has 0 N–H and O–H groups in total. The number of amides is 1. The zero-order chi connectivity index (χ0) is 21.1. The van der Waals surface area contributed by atoms with E-state index in [0.717, 1.165) is 0 Å². The second kappa shape index (κ2) is 8.32. The van der Waals surface area contributed by atoms with Crippen molar-refractivity contribution in [3.05, 3.63) is 48.4 Å². The van der Waals surface area contributed by atoms with Gasteiger partial charge in [-0.25, -0.2) is 0 Å². The number of hydrogen-bond acceptors (Lipinski definition) is 8. The van der Waals surface area contributed by atoms with E-state index in [-0.39, 0.29) is 25.5 Å². The van der Waals surface area contributed by atoms with E-state index in [4.69, 9.17) is 23.2 Å². The lowest BCUT2D eigenvalue weighted by molar-refractivity contribution is -0.149. The highest BCUT2D eigenvalue weighted by molar-refractivity contribution is 6.00. The number of ether oxygens (including phenoxy) is 3. The molecule has 1 amide bonds. The van der Waals surface area contributed by atoms with E-state index in [2.05, 4.69) is 5.16 Å². The number of aromatic nitrogens is 1. The molecule has 0 spiro atoms. The molecule has 2 aromatic heterocycles. The van der Waals surface area contributed by atoms with Crippen LogP contribution in [0.25, 0.3) is 11.5 Å². The van der Waals surface area contributed by atoms with Crippen LogP contribution in [0.3, 0.4) is 0 Å². The third-order valence-electron chi connectivity index (χ3n) is 4.82. The molecule has 0 aliphatic carbocycles. The highest BCUT2D eigenvalue weighted by Gasteiger charge is 2.37. The second-order valence-corrected chi connectivity index (χ2v) is 6.71. The third kappa shape index (κ3) is 3.86. The minimum Gasteiger partial charge on any atom is -0.497 e. The molecule has 0 unspecified atom stereocenters. The number of furan rings is 1. The number of benzene rings is 1. The van der Waals surface area contributed by atoms with Crippen LogP contribution >= 0.6 is 0 Å². The Morgan fingerprint density at radius 3 is 2.80 bits per heavy atom. The van der Waals surface area contributed by atoms with Crippen molar-refractivity contribution >= 4 is 17.6 Å². The van der Waals surface area contributed by atoms with E-state index < -0.39 is 11.9 Å². The molecule has 9 nitrogen and oxygen atoms in total. The first-order chi connectivity index (χ1) is 14.6. The lowest BCUT2D eigenvalue weighted by atomic mass is 10.1. The summed E-state index contributed by atoms with van der Waals surface area (Å²) in [5.74, 6) is 0.846. The van der Waals surface area contributed by atoms with Crippen LogP contribution in [0.5, 0.6) is 11.5 Å². The largest absolute Gasteiger partial charge is 0.497 e. The van der Waals surface area contributed by atoms with E-state index in [0.29, 0.717) is 34.4 Å². The van der Waals surface area contributed by atoms with E-state index in [9.17, 15) is 9.59 Å².